The van der Waals surface area contributed by atoms with Crippen LogP contribution in [-0.2, 0) is 0 Å². The van der Waals surface area contributed by atoms with Crippen LogP contribution < -0.4 is 15.4 Å². The molecule has 1 aromatic rings. The molecule has 0 radical (unpaired) electrons. The van der Waals surface area contributed by atoms with Gasteiger partial charge >= 0.3 is 12.6 Å². The maximum atomic E-state index is 12.4. The number of hydrogen-bond donors (Lipinski definition) is 3. The van der Waals surface area contributed by atoms with Gasteiger partial charge in [0.25, 0.3) is 0 Å². The zero-order valence-corrected chi connectivity index (χ0v) is 12.7. The molecule has 22 heavy (non-hydrogen) atoms. The standard InChI is InChI=1S/C15H22F2N2O3/c1-3-12(19-15(21)18-10(2)8-9-20)11-6-4-5-7-13(11)22-14(16)17/h4-7,10,12,14,20H,3,8-9H2,1-2H3,(H2,18,19,21)/t10-,12?/m1/s1. The number of alkyl halides is 2. The lowest BCUT2D eigenvalue weighted by atomic mass is 10.0. The summed E-state index contributed by atoms with van der Waals surface area (Å²) in [6.07, 6.45) is 0.959. The average molecular weight is 316 g/mol. The number of urea groups is 1. The first-order chi connectivity index (χ1) is 10.5. The van der Waals surface area contributed by atoms with Crippen molar-refractivity contribution in [2.75, 3.05) is 6.61 Å². The average Bonchev–Trinajstić information content (AvgIpc) is 2.45. The van der Waals surface area contributed by atoms with Crippen molar-refractivity contribution in [2.24, 2.45) is 0 Å². The van der Waals surface area contributed by atoms with E-state index in [4.69, 9.17) is 5.11 Å². The second kappa shape index (κ2) is 9.19. The van der Waals surface area contributed by atoms with Crippen LogP contribution in [0.1, 0.15) is 38.3 Å². The van der Waals surface area contributed by atoms with Gasteiger partial charge in [0.1, 0.15) is 5.75 Å². The number of ether oxygens (including phenoxy) is 1. The molecule has 7 heteroatoms. The van der Waals surface area contributed by atoms with E-state index < -0.39 is 18.7 Å². The maximum absolute atomic E-state index is 12.4. The molecule has 0 aromatic heterocycles. The third kappa shape index (κ3) is 5.85. The molecule has 0 bridgehead atoms. The molecule has 1 unspecified atom stereocenters. The molecule has 0 heterocycles. The Bertz CT molecular complexity index is 472. The van der Waals surface area contributed by atoms with E-state index in [9.17, 15) is 13.6 Å². The van der Waals surface area contributed by atoms with Crippen molar-refractivity contribution in [2.45, 2.75) is 45.4 Å². The van der Waals surface area contributed by atoms with Crippen LogP contribution in [0.3, 0.4) is 0 Å². The molecule has 1 rings (SSSR count). The van der Waals surface area contributed by atoms with E-state index >= 15 is 0 Å². The van der Waals surface area contributed by atoms with Gasteiger partial charge in [-0.3, -0.25) is 0 Å². The molecule has 5 nitrogen and oxygen atoms in total. The Morgan fingerprint density at radius 3 is 2.59 bits per heavy atom. The lowest BCUT2D eigenvalue weighted by molar-refractivity contribution is -0.0506. The van der Waals surface area contributed by atoms with E-state index in [2.05, 4.69) is 15.4 Å². The van der Waals surface area contributed by atoms with Crippen LogP contribution in [0, 0.1) is 0 Å². The molecule has 0 aliphatic carbocycles. The van der Waals surface area contributed by atoms with Gasteiger partial charge in [0.15, 0.2) is 0 Å². The van der Waals surface area contributed by atoms with Gasteiger partial charge in [-0.05, 0) is 25.8 Å². The summed E-state index contributed by atoms with van der Waals surface area (Å²) >= 11 is 0. The molecular formula is C15H22F2N2O3. The summed E-state index contributed by atoms with van der Waals surface area (Å²) < 4.78 is 29.4. The highest BCUT2D eigenvalue weighted by molar-refractivity contribution is 5.74. The normalized spacial score (nSPS) is 13.5. The Balaban J connectivity index is 2.77. The van der Waals surface area contributed by atoms with Crippen molar-refractivity contribution in [1.82, 2.24) is 10.6 Å². The Kier molecular flexibility index (Phi) is 7.59. The van der Waals surface area contributed by atoms with E-state index in [0.717, 1.165) is 0 Å². The fourth-order valence-corrected chi connectivity index (χ4v) is 2.06. The third-order valence-corrected chi connectivity index (χ3v) is 3.16. The molecule has 0 saturated heterocycles. The maximum Gasteiger partial charge on any atom is 0.387 e. The van der Waals surface area contributed by atoms with E-state index in [0.29, 0.717) is 18.4 Å². The van der Waals surface area contributed by atoms with Crippen molar-refractivity contribution in [3.63, 3.8) is 0 Å². The van der Waals surface area contributed by atoms with Crippen LogP contribution >= 0.6 is 0 Å². The molecule has 1 aromatic carbocycles. The molecule has 124 valence electrons. The van der Waals surface area contributed by atoms with Gasteiger partial charge in [-0.1, -0.05) is 25.1 Å². The Labute approximate surface area is 128 Å². The lowest BCUT2D eigenvalue weighted by Crippen LogP contribution is -2.42. The minimum Gasteiger partial charge on any atom is -0.434 e. The Morgan fingerprint density at radius 1 is 1.32 bits per heavy atom. The monoisotopic (exact) mass is 316 g/mol. The molecule has 3 N–H and O–H groups in total. The van der Waals surface area contributed by atoms with Crippen LogP contribution in [0.25, 0.3) is 0 Å². The molecule has 0 spiro atoms. The quantitative estimate of drug-likeness (QED) is 0.690. The van der Waals surface area contributed by atoms with Crippen molar-refractivity contribution < 1.29 is 23.4 Å². The molecule has 0 aliphatic rings. The molecule has 2 amide bonds. The summed E-state index contributed by atoms with van der Waals surface area (Å²) in [6, 6.07) is 5.33. The van der Waals surface area contributed by atoms with Gasteiger partial charge in [-0.25, -0.2) is 4.79 Å². The van der Waals surface area contributed by atoms with Crippen molar-refractivity contribution >= 4 is 6.03 Å². The number of rotatable bonds is 8. The van der Waals surface area contributed by atoms with Crippen LogP contribution in [0.2, 0.25) is 0 Å². The summed E-state index contributed by atoms with van der Waals surface area (Å²) in [5.41, 5.74) is 0.496. The summed E-state index contributed by atoms with van der Waals surface area (Å²) in [6.45, 7) is 0.660. The van der Waals surface area contributed by atoms with Gasteiger partial charge < -0.3 is 20.5 Å². The molecule has 0 saturated carbocycles. The van der Waals surface area contributed by atoms with Gasteiger partial charge in [0.2, 0.25) is 0 Å². The highest BCUT2D eigenvalue weighted by Gasteiger charge is 2.19. The van der Waals surface area contributed by atoms with E-state index in [-0.39, 0.29) is 18.4 Å². The SMILES string of the molecule is CCC(NC(=O)N[C@H](C)CCO)c1ccccc1OC(F)F. The minimum absolute atomic E-state index is 0.0241. The lowest BCUT2D eigenvalue weighted by Gasteiger charge is -2.22. The third-order valence-electron chi connectivity index (χ3n) is 3.16. The van der Waals surface area contributed by atoms with E-state index in [1.807, 2.05) is 6.92 Å². The number of benzene rings is 1. The Morgan fingerprint density at radius 2 is 2.00 bits per heavy atom. The van der Waals surface area contributed by atoms with Gasteiger partial charge in [-0.15, -0.1) is 0 Å². The Hall–Kier alpha value is -1.89. The van der Waals surface area contributed by atoms with E-state index in [1.54, 1.807) is 25.1 Å². The summed E-state index contributed by atoms with van der Waals surface area (Å²) in [7, 11) is 0. The first-order valence-corrected chi connectivity index (χ1v) is 7.19. The zero-order chi connectivity index (χ0) is 16.5. The highest BCUT2D eigenvalue weighted by Crippen LogP contribution is 2.28. The van der Waals surface area contributed by atoms with Crippen molar-refractivity contribution in [3.05, 3.63) is 29.8 Å². The van der Waals surface area contributed by atoms with Gasteiger partial charge in [0, 0.05) is 18.2 Å². The smallest absolute Gasteiger partial charge is 0.387 e. The number of hydrogen-bond acceptors (Lipinski definition) is 3. The zero-order valence-electron chi connectivity index (χ0n) is 12.7. The second-order valence-corrected chi connectivity index (χ2v) is 4.91. The molecule has 0 aliphatic heterocycles. The molecule has 0 fully saturated rings. The van der Waals surface area contributed by atoms with Gasteiger partial charge in [0.05, 0.1) is 6.04 Å². The first-order valence-electron chi connectivity index (χ1n) is 7.19. The molecule has 2 atom stereocenters. The topological polar surface area (TPSA) is 70.6 Å². The number of nitrogens with one attached hydrogen (secondary N) is 2. The number of aliphatic hydroxyl groups is 1. The summed E-state index contributed by atoms with van der Waals surface area (Å²) in [4.78, 5) is 11.9. The molecular weight excluding hydrogens is 294 g/mol. The fraction of sp³-hybridized carbons (Fsp3) is 0.533. The van der Waals surface area contributed by atoms with Crippen LogP contribution in [0.15, 0.2) is 24.3 Å². The number of amides is 2. The predicted molar refractivity (Wildman–Crippen MR) is 78.9 cm³/mol. The van der Waals surface area contributed by atoms with Crippen LogP contribution in [0.4, 0.5) is 13.6 Å². The number of carbonyl (C=O) groups excluding carboxylic acids is 1. The van der Waals surface area contributed by atoms with E-state index in [1.165, 1.54) is 6.07 Å². The second-order valence-electron chi connectivity index (χ2n) is 4.91. The first kappa shape index (κ1) is 18.2. The summed E-state index contributed by atoms with van der Waals surface area (Å²) in [5.74, 6) is 0.0491. The largest absolute Gasteiger partial charge is 0.434 e. The highest BCUT2D eigenvalue weighted by atomic mass is 19.3. The van der Waals surface area contributed by atoms with Crippen molar-refractivity contribution in [3.8, 4) is 5.75 Å². The van der Waals surface area contributed by atoms with Crippen molar-refractivity contribution in [1.29, 1.82) is 0 Å². The predicted octanol–water partition coefficient (Wildman–Crippen LogP) is 2.81. The van der Waals surface area contributed by atoms with Gasteiger partial charge in [-0.2, -0.15) is 8.78 Å². The fourth-order valence-electron chi connectivity index (χ4n) is 2.06. The number of halogens is 2. The number of carbonyl (C=O) groups is 1. The van der Waals surface area contributed by atoms with Crippen LogP contribution in [-0.4, -0.2) is 30.4 Å². The number of aliphatic hydroxyl groups excluding tert-OH is 1. The number of para-hydroxylation sites is 1. The minimum atomic E-state index is -2.92. The van der Waals surface area contributed by atoms with Crippen LogP contribution in [0.5, 0.6) is 5.75 Å². The summed E-state index contributed by atoms with van der Waals surface area (Å²) in [5, 5.41) is 14.2.